The summed E-state index contributed by atoms with van der Waals surface area (Å²) in [6.07, 6.45) is 23.7. The van der Waals surface area contributed by atoms with Gasteiger partial charge in [-0.15, -0.1) is 0 Å². The zero-order chi connectivity index (χ0) is 24.0. The van der Waals surface area contributed by atoms with Crippen molar-refractivity contribution in [3.8, 4) is 0 Å². The first-order chi connectivity index (χ1) is 15.4. The van der Waals surface area contributed by atoms with Crippen LogP contribution in [-0.2, 0) is 13.3 Å². The van der Waals surface area contributed by atoms with Crippen molar-refractivity contribution in [1.29, 1.82) is 0 Å². The molecule has 0 unspecified atom stereocenters. The summed E-state index contributed by atoms with van der Waals surface area (Å²) in [4.78, 5) is 0. The van der Waals surface area contributed by atoms with Crippen molar-refractivity contribution in [2.45, 2.75) is 122 Å². The molecule has 1 N–H and O–H groups in total. The van der Waals surface area contributed by atoms with Crippen LogP contribution in [0.1, 0.15) is 116 Å². The van der Waals surface area contributed by atoms with Crippen LogP contribution in [0.25, 0.3) is 0 Å². The molecule has 202 valence electrons. The highest BCUT2D eigenvalue weighted by atomic mass is 35.5. The van der Waals surface area contributed by atoms with Crippen LogP contribution in [0.2, 0.25) is 6.04 Å². The zero-order valence-corrected chi connectivity index (χ0v) is 24.9. The van der Waals surface area contributed by atoms with E-state index in [4.69, 9.17) is 13.3 Å². The fourth-order valence-corrected chi connectivity index (χ4v) is 6.08. The molecule has 5 nitrogen and oxygen atoms in total. The van der Waals surface area contributed by atoms with Gasteiger partial charge in [0.15, 0.2) is 0 Å². The van der Waals surface area contributed by atoms with Crippen LogP contribution < -0.4 is 17.8 Å². The Morgan fingerprint density at radius 1 is 0.576 bits per heavy atom. The van der Waals surface area contributed by atoms with E-state index in [0.29, 0.717) is 0 Å². The summed E-state index contributed by atoms with van der Waals surface area (Å²) in [5.41, 5.74) is 3.68. The summed E-state index contributed by atoms with van der Waals surface area (Å²) < 4.78 is 17.4. The van der Waals surface area contributed by atoms with E-state index in [1.54, 1.807) is 21.3 Å². The lowest BCUT2D eigenvalue weighted by atomic mass is 10.0. The van der Waals surface area contributed by atoms with Crippen LogP contribution in [0, 0.1) is 0 Å². The molecule has 0 amide bonds. The van der Waals surface area contributed by atoms with Crippen molar-refractivity contribution in [3.05, 3.63) is 0 Å². The summed E-state index contributed by atoms with van der Waals surface area (Å²) in [5, 5.41) is 0. The number of rotatable bonds is 25. The number of nitrogens with zero attached hydrogens (tertiary/aromatic N) is 1. The molecule has 33 heavy (non-hydrogen) atoms. The first-order valence-corrected chi connectivity index (χ1v) is 15.6. The van der Waals surface area contributed by atoms with E-state index in [9.17, 15) is 0 Å². The third-order valence-corrected chi connectivity index (χ3v) is 9.54. The van der Waals surface area contributed by atoms with Crippen LogP contribution in [-0.4, -0.2) is 61.9 Å². The van der Waals surface area contributed by atoms with Gasteiger partial charge in [0.25, 0.3) is 0 Å². The lowest BCUT2D eigenvalue weighted by molar-refractivity contribution is -0.934. The Morgan fingerprint density at radius 2 is 0.939 bits per heavy atom. The van der Waals surface area contributed by atoms with Crippen molar-refractivity contribution < 1.29 is 30.3 Å². The minimum atomic E-state index is -2.43. The van der Waals surface area contributed by atoms with Gasteiger partial charge < -0.3 is 25.7 Å². The van der Waals surface area contributed by atoms with Gasteiger partial charge in [0, 0.05) is 40.3 Å². The quantitative estimate of drug-likeness (QED) is 0.0868. The summed E-state index contributed by atoms with van der Waals surface area (Å²) in [5.74, 6) is 0. The van der Waals surface area contributed by atoms with E-state index in [1.165, 1.54) is 103 Å². The topological polar surface area (TPSA) is 39.7 Å². The summed E-state index contributed by atoms with van der Waals surface area (Å²) in [6, 6.07) is 0.860. The molecule has 0 spiro atoms. The predicted molar refractivity (Wildman–Crippen MR) is 141 cm³/mol. The molecule has 0 aliphatic carbocycles. The molecule has 0 aliphatic rings. The standard InChI is InChI=1S/C26H59N2O3Si.ClH/c1-7-8-9-10-11-12-13-14-15-16-17-18-19-20-21-22-24-27-28(2,3)25-23-26-32(29-4,30-5)31-6;/h27H,7-26H2,1-6H3;1H/q+1;/p-1. The van der Waals surface area contributed by atoms with Gasteiger partial charge in [-0.25, -0.2) is 0 Å². The third-order valence-electron chi connectivity index (χ3n) is 6.70. The molecule has 0 bridgehead atoms. The van der Waals surface area contributed by atoms with Gasteiger partial charge in [-0.3, -0.25) is 4.59 Å². The first-order valence-electron chi connectivity index (χ1n) is 13.7. The normalized spacial score (nSPS) is 12.2. The van der Waals surface area contributed by atoms with Gasteiger partial charge in [0.1, 0.15) is 0 Å². The summed E-state index contributed by atoms with van der Waals surface area (Å²) in [6.45, 7) is 4.43. The fourth-order valence-electron chi connectivity index (χ4n) is 4.38. The van der Waals surface area contributed by atoms with Gasteiger partial charge in [-0.05, 0) is 6.42 Å². The lowest BCUT2D eigenvalue weighted by Gasteiger charge is -2.31. The van der Waals surface area contributed by atoms with Crippen LogP contribution >= 0.6 is 0 Å². The fraction of sp³-hybridized carbons (Fsp3) is 1.00. The molecule has 0 saturated heterocycles. The molecule has 0 aromatic heterocycles. The van der Waals surface area contributed by atoms with E-state index in [-0.39, 0.29) is 12.4 Å². The molecule has 0 saturated carbocycles. The largest absolute Gasteiger partial charge is 1.00 e. The smallest absolute Gasteiger partial charge is 0.500 e. The summed E-state index contributed by atoms with van der Waals surface area (Å²) in [7, 11) is 7.11. The van der Waals surface area contributed by atoms with Crippen molar-refractivity contribution >= 4 is 8.80 Å². The van der Waals surface area contributed by atoms with Crippen molar-refractivity contribution in [2.24, 2.45) is 0 Å². The van der Waals surface area contributed by atoms with E-state index < -0.39 is 8.80 Å². The van der Waals surface area contributed by atoms with Gasteiger partial charge in [0.05, 0.1) is 20.6 Å². The molecule has 0 heterocycles. The monoisotopic (exact) mass is 510 g/mol. The lowest BCUT2D eigenvalue weighted by Crippen LogP contribution is -3.00. The van der Waals surface area contributed by atoms with Crippen LogP contribution in [0.3, 0.4) is 0 Å². The molecule has 0 rings (SSSR count). The number of unbranched alkanes of at least 4 members (excludes halogenated alkanes) is 15. The summed E-state index contributed by atoms with van der Waals surface area (Å²) >= 11 is 0. The first kappa shape index (κ1) is 35.5. The van der Waals surface area contributed by atoms with Crippen molar-refractivity contribution in [3.63, 3.8) is 0 Å². The SMILES string of the molecule is CCCCCCCCCCCCCCCCCCN[N+](C)(C)CCC[Si](OC)(OC)OC.[Cl-]. The van der Waals surface area contributed by atoms with E-state index in [0.717, 1.165) is 30.1 Å². The number of halogens is 1. The average molecular weight is 511 g/mol. The molecule has 0 aromatic rings. The second kappa shape index (κ2) is 24.0. The Labute approximate surface area is 215 Å². The van der Waals surface area contributed by atoms with Crippen molar-refractivity contribution in [2.75, 3.05) is 48.5 Å². The third kappa shape index (κ3) is 21.3. The van der Waals surface area contributed by atoms with E-state index in [1.807, 2.05) is 0 Å². The van der Waals surface area contributed by atoms with Gasteiger partial charge in [0.2, 0.25) is 0 Å². The molecule has 0 fully saturated rings. The Morgan fingerprint density at radius 3 is 1.30 bits per heavy atom. The maximum Gasteiger partial charge on any atom is 0.500 e. The van der Waals surface area contributed by atoms with Gasteiger partial charge in [-0.2, -0.15) is 5.43 Å². The number of hydrogen-bond acceptors (Lipinski definition) is 4. The number of nitrogens with one attached hydrogen (secondary N) is 1. The number of quaternary nitrogens is 1. The Balaban J connectivity index is 0. The second-order valence-electron chi connectivity index (χ2n) is 10.0. The molecule has 0 atom stereocenters. The van der Waals surface area contributed by atoms with Crippen molar-refractivity contribution in [1.82, 2.24) is 5.43 Å². The zero-order valence-electron chi connectivity index (χ0n) is 23.2. The van der Waals surface area contributed by atoms with Gasteiger partial charge >= 0.3 is 8.80 Å². The van der Waals surface area contributed by atoms with Gasteiger partial charge in [-0.1, -0.05) is 103 Å². The van der Waals surface area contributed by atoms with E-state index >= 15 is 0 Å². The molecule has 0 aromatic carbocycles. The highest BCUT2D eigenvalue weighted by Crippen LogP contribution is 2.16. The van der Waals surface area contributed by atoms with E-state index in [2.05, 4.69) is 26.4 Å². The highest BCUT2D eigenvalue weighted by molar-refractivity contribution is 6.60. The maximum atomic E-state index is 5.52. The average Bonchev–Trinajstić information content (AvgIpc) is 2.79. The minimum absolute atomic E-state index is 0. The molecule has 0 radical (unpaired) electrons. The predicted octanol–water partition coefficient (Wildman–Crippen LogP) is 4.10. The Hall–Kier alpha value is 0.307. The molecule has 7 heteroatoms. The Bertz CT molecular complexity index is 391. The second-order valence-corrected chi connectivity index (χ2v) is 13.1. The molecule has 0 aliphatic heterocycles. The van der Waals surface area contributed by atoms with Crippen LogP contribution in [0.5, 0.6) is 0 Å². The molecular weight excluding hydrogens is 452 g/mol. The van der Waals surface area contributed by atoms with Crippen LogP contribution in [0.15, 0.2) is 0 Å². The molecular formula is C26H59ClN2O3Si. The minimum Gasteiger partial charge on any atom is -1.00 e. The van der Waals surface area contributed by atoms with Crippen LogP contribution in [0.4, 0.5) is 0 Å². The maximum absolute atomic E-state index is 5.52. The number of hydrogen-bond donors (Lipinski definition) is 1. The highest BCUT2D eigenvalue weighted by Gasteiger charge is 2.37. The Kier molecular flexibility index (Phi) is 25.8.